The van der Waals surface area contributed by atoms with Gasteiger partial charge in [0.1, 0.15) is 5.82 Å². The number of amidine groups is 1. The van der Waals surface area contributed by atoms with Crippen molar-refractivity contribution in [2.24, 2.45) is 10.9 Å². The molecule has 8 heteroatoms. The lowest BCUT2D eigenvalue weighted by Gasteiger charge is -2.06. The van der Waals surface area contributed by atoms with Crippen LogP contribution < -0.4 is 11.5 Å². The maximum Gasteiger partial charge on any atom is 0.387 e. The fourth-order valence-electron chi connectivity index (χ4n) is 2.24. The molecule has 0 amide bonds. The molecule has 3 rings (SSSR count). The minimum Gasteiger partial charge on any atom is -0.398 e. The van der Waals surface area contributed by atoms with Crippen LogP contribution in [0, 0.1) is 12.7 Å². The van der Waals surface area contributed by atoms with Crippen LogP contribution in [0.4, 0.5) is 10.1 Å². The summed E-state index contributed by atoms with van der Waals surface area (Å²) in [6, 6.07) is 12.1. The third kappa shape index (κ3) is 3.54. The Balaban J connectivity index is 1.74. The Bertz CT molecular complexity index is 980. The van der Waals surface area contributed by atoms with Gasteiger partial charge in [-0.3, -0.25) is 0 Å². The van der Waals surface area contributed by atoms with Crippen LogP contribution in [-0.4, -0.2) is 17.0 Å². The van der Waals surface area contributed by atoms with Crippen LogP contribution in [-0.2, 0) is 4.84 Å². The molecule has 0 aliphatic carbocycles. The van der Waals surface area contributed by atoms with E-state index in [0.29, 0.717) is 22.6 Å². The molecule has 26 heavy (non-hydrogen) atoms. The van der Waals surface area contributed by atoms with Crippen molar-refractivity contribution in [3.8, 4) is 11.3 Å². The molecular formula is C18H15FN4O3. The zero-order valence-electron chi connectivity index (χ0n) is 13.8. The first-order valence-corrected chi connectivity index (χ1v) is 7.58. The average Bonchev–Trinajstić information content (AvgIpc) is 3.12. The molecule has 0 spiro atoms. The Morgan fingerprint density at radius 2 is 1.96 bits per heavy atom. The molecule has 0 saturated carbocycles. The highest BCUT2D eigenvalue weighted by Crippen LogP contribution is 2.21. The van der Waals surface area contributed by atoms with Crippen LogP contribution in [0.5, 0.6) is 0 Å². The quantitative estimate of drug-likeness (QED) is 0.245. The monoisotopic (exact) mass is 354 g/mol. The summed E-state index contributed by atoms with van der Waals surface area (Å²) in [7, 11) is 0. The molecule has 0 radical (unpaired) electrons. The number of carbonyl (C=O) groups excluding carboxylic acids is 1. The van der Waals surface area contributed by atoms with E-state index >= 15 is 0 Å². The van der Waals surface area contributed by atoms with Crippen molar-refractivity contribution in [2.45, 2.75) is 6.92 Å². The maximum absolute atomic E-state index is 13.0. The fraction of sp³-hybridized carbons (Fsp3) is 0.0556. The number of aromatic nitrogens is 1. The summed E-state index contributed by atoms with van der Waals surface area (Å²) in [6.45, 7) is 1.78. The van der Waals surface area contributed by atoms with Crippen molar-refractivity contribution in [3.05, 3.63) is 71.2 Å². The topological polar surface area (TPSA) is 117 Å². The van der Waals surface area contributed by atoms with Crippen LogP contribution in [0.25, 0.3) is 11.3 Å². The van der Waals surface area contributed by atoms with Gasteiger partial charge in [0.05, 0.1) is 0 Å². The number of carbonyl (C=O) groups is 1. The predicted octanol–water partition coefficient (Wildman–Crippen LogP) is 2.85. The molecule has 7 nitrogen and oxygen atoms in total. The number of hydrogen-bond acceptors (Lipinski definition) is 6. The summed E-state index contributed by atoms with van der Waals surface area (Å²) in [5.41, 5.74) is 14.0. The number of nitrogens with two attached hydrogens (primary N) is 2. The highest BCUT2D eigenvalue weighted by atomic mass is 19.1. The van der Waals surface area contributed by atoms with Crippen LogP contribution in [0.15, 0.2) is 58.2 Å². The lowest BCUT2D eigenvalue weighted by atomic mass is 10.1. The number of benzene rings is 2. The molecule has 4 N–H and O–H groups in total. The van der Waals surface area contributed by atoms with Gasteiger partial charge >= 0.3 is 5.97 Å². The highest BCUT2D eigenvalue weighted by molar-refractivity contribution is 6.00. The van der Waals surface area contributed by atoms with Gasteiger partial charge in [-0.25, -0.2) is 9.18 Å². The van der Waals surface area contributed by atoms with Gasteiger partial charge in [0.25, 0.3) is 0 Å². The molecule has 2 aromatic carbocycles. The molecule has 1 heterocycles. The van der Waals surface area contributed by atoms with Crippen molar-refractivity contribution in [2.75, 3.05) is 5.73 Å². The van der Waals surface area contributed by atoms with Gasteiger partial charge < -0.3 is 20.8 Å². The molecule has 0 fully saturated rings. The molecule has 0 aliphatic heterocycles. The van der Waals surface area contributed by atoms with E-state index in [9.17, 15) is 9.18 Å². The molecule has 1 aromatic heterocycles. The van der Waals surface area contributed by atoms with Crippen LogP contribution >= 0.6 is 0 Å². The van der Waals surface area contributed by atoms with E-state index in [2.05, 4.69) is 10.3 Å². The number of oxime groups is 1. The third-order valence-corrected chi connectivity index (χ3v) is 3.73. The number of nitrogen functional groups attached to an aromatic ring is 1. The van der Waals surface area contributed by atoms with Crippen LogP contribution in [0.3, 0.4) is 0 Å². The van der Waals surface area contributed by atoms with E-state index in [1.54, 1.807) is 25.1 Å². The first-order chi connectivity index (χ1) is 12.5. The third-order valence-electron chi connectivity index (χ3n) is 3.73. The van der Waals surface area contributed by atoms with Gasteiger partial charge in [0, 0.05) is 22.9 Å². The minimum atomic E-state index is -0.841. The Kier molecular flexibility index (Phi) is 4.66. The standard InChI is InChI=1S/C18H15FN4O3/c1-10-13(3-2-4-14(10)20)17(21)23-26-18(24)15-9-16(25-22-15)11-5-7-12(19)8-6-11/h2-9H,20H2,1H3,(H2,21,23). The number of halogens is 1. The van der Waals surface area contributed by atoms with Crippen LogP contribution in [0.2, 0.25) is 0 Å². The molecule has 0 bridgehead atoms. The number of anilines is 1. The SMILES string of the molecule is Cc1c(N)cccc1/C(N)=N/OC(=O)c1cc(-c2ccc(F)cc2)on1. The smallest absolute Gasteiger partial charge is 0.387 e. The first-order valence-electron chi connectivity index (χ1n) is 7.58. The maximum atomic E-state index is 13.0. The Labute approximate surface area is 148 Å². The summed E-state index contributed by atoms with van der Waals surface area (Å²) in [4.78, 5) is 16.8. The van der Waals surface area contributed by atoms with Crippen LogP contribution in [0.1, 0.15) is 21.6 Å². The molecular weight excluding hydrogens is 339 g/mol. The van der Waals surface area contributed by atoms with E-state index in [0.717, 1.165) is 5.56 Å². The lowest BCUT2D eigenvalue weighted by molar-refractivity contribution is 0.0504. The summed E-state index contributed by atoms with van der Waals surface area (Å²) in [6.07, 6.45) is 0. The van der Waals surface area contributed by atoms with Crippen molar-refractivity contribution < 1.29 is 18.5 Å². The summed E-state index contributed by atoms with van der Waals surface area (Å²) in [5, 5.41) is 7.25. The first kappa shape index (κ1) is 17.2. The van der Waals surface area contributed by atoms with Gasteiger partial charge in [-0.15, -0.1) is 0 Å². The fourth-order valence-corrected chi connectivity index (χ4v) is 2.24. The minimum absolute atomic E-state index is 0.00500. The van der Waals surface area contributed by atoms with E-state index in [1.165, 1.54) is 30.3 Å². The molecule has 132 valence electrons. The number of nitrogens with zero attached hydrogens (tertiary/aromatic N) is 2. The van der Waals surface area contributed by atoms with Gasteiger partial charge in [-0.1, -0.05) is 22.4 Å². The van der Waals surface area contributed by atoms with Crippen molar-refractivity contribution in [3.63, 3.8) is 0 Å². The second-order valence-electron chi connectivity index (χ2n) is 5.46. The van der Waals surface area contributed by atoms with Gasteiger partial charge in [0.15, 0.2) is 17.3 Å². The highest BCUT2D eigenvalue weighted by Gasteiger charge is 2.16. The Morgan fingerprint density at radius 1 is 1.23 bits per heavy atom. The zero-order valence-corrected chi connectivity index (χ0v) is 13.8. The Hall–Kier alpha value is -3.68. The summed E-state index contributed by atoms with van der Waals surface area (Å²) in [5.74, 6) is -0.924. The number of rotatable bonds is 4. The van der Waals surface area contributed by atoms with E-state index in [-0.39, 0.29) is 17.3 Å². The normalized spacial score (nSPS) is 11.4. The van der Waals surface area contributed by atoms with Crippen molar-refractivity contribution >= 4 is 17.5 Å². The summed E-state index contributed by atoms with van der Waals surface area (Å²) < 4.78 is 18.0. The van der Waals surface area contributed by atoms with Gasteiger partial charge in [-0.05, 0) is 42.8 Å². The number of hydrogen-bond donors (Lipinski definition) is 2. The van der Waals surface area contributed by atoms with Gasteiger partial charge in [0.2, 0.25) is 0 Å². The van der Waals surface area contributed by atoms with Gasteiger partial charge in [-0.2, -0.15) is 0 Å². The largest absolute Gasteiger partial charge is 0.398 e. The van der Waals surface area contributed by atoms with Crippen molar-refractivity contribution in [1.29, 1.82) is 0 Å². The van der Waals surface area contributed by atoms with E-state index < -0.39 is 5.97 Å². The van der Waals surface area contributed by atoms with E-state index in [4.69, 9.17) is 20.8 Å². The molecule has 3 aromatic rings. The van der Waals surface area contributed by atoms with E-state index in [1.807, 2.05) is 0 Å². The predicted molar refractivity (Wildman–Crippen MR) is 93.6 cm³/mol. The lowest BCUT2D eigenvalue weighted by Crippen LogP contribution is -2.17. The molecule has 0 saturated heterocycles. The second-order valence-corrected chi connectivity index (χ2v) is 5.46. The summed E-state index contributed by atoms with van der Waals surface area (Å²) >= 11 is 0. The molecule has 0 atom stereocenters. The molecule has 0 aliphatic rings. The average molecular weight is 354 g/mol. The second kappa shape index (κ2) is 7.06. The Morgan fingerprint density at radius 3 is 2.69 bits per heavy atom. The van der Waals surface area contributed by atoms with Crippen molar-refractivity contribution in [1.82, 2.24) is 5.16 Å². The zero-order chi connectivity index (χ0) is 18.7. The molecule has 0 unspecified atom stereocenters.